The minimum absolute atomic E-state index is 0.162. The molecule has 1 aliphatic heterocycles. The lowest BCUT2D eigenvalue weighted by atomic mass is 9.79. The Morgan fingerprint density at radius 1 is 1.38 bits per heavy atom. The van der Waals surface area contributed by atoms with E-state index >= 15 is 0 Å². The van der Waals surface area contributed by atoms with E-state index in [-0.39, 0.29) is 5.54 Å². The highest BCUT2D eigenvalue weighted by molar-refractivity contribution is 7.99. The molecule has 0 spiro atoms. The van der Waals surface area contributed by atoms with Gasteiger partial charge in [0.1, 0.15) is 0 Å². The summed E-state index contributed by atoms with van der Waals surface area (Å²) in [5, 5.41) is 7.77. The molecule has 1 N–H and O–H groups in total. The molecule has 118 valence electrons. The number of likely N-dealkylation sites (N-methyl/N-ethyl adjacent to an activating group) is 1. The number of hydrogen-bond donors (Lipinski definition) is 1. The van der Waals surface area contributed by atoms with Crippen LogP contribution in [-0.2, 0) is 6.42 Å². The first-order chi connectivity index (χ1) is 10.2. The van der Waals surface area contributed by atoms with E-state index in [0.717, 1.165) is 30.4 Å². The average molecular weight is 310 g/mol. The van der Waals surface area contributed by atoms with Crippen LogP contribution in [-0.4, -0.2) is 52.7 Å². The number of rotatable bonds is 4. The summed E-state index contributed by atoms with van der Waals surface area (Å²) in [5.41, 5.74) is 0.162. The zero-order valence-electron chi connectivity index (χ0n) is 13.1. The van der Waals surface area contributed by atoms with Gasteiger partial charge in [0.2, 0.25) is 5.89 Å². The second-order valence-electron chi connectivity index (χ2n) is 6.39. The average Bonchev–Trinajstić information content (AvgIpc) is 2.97. The lowest BCUT2D eigenvalue weighted by Gasteiger charge is -2.36. The second-order valence-corrected chi connectivity index (χ2v) is 7.54. The Hall–Kier alpha value is -0.590. The largest absolute Gasteiger partial charge is 0.339 e. The maximum atomic E-state index is 5.56. The van der Waals surface area contributed by atoms with E-state index in [1.807, 2.05) is 11.8 Å². The van der Waals surface area contributed by atoms with E-state index in [2.05, 4.69) is 29.5 Å². The first kappa shape index (κ1) is 15.3. The van der Waals surface area contributed by atoms with E-state index in [4.69, 9.17) is 9.51 Å². The van der Waals surface area contributed by atoms with Crippen molar-refractivity contribution in [2.75, 3.05) is 32.1 Å². The SMILES string of the molecule is CNC1(Cc2nc(C3CSCCN3C)no2)CCCCC1. The van der Waals surface area contributed by atoms with Gasteiger partial charge in [-0.2, -0.15) is 16.7 Å². The van der Waals surface area contributed by atoms with Crippen LogP contribution in [0.3, 0.4) is 0 Å². The van der Waals surface area contributed by atoms with Crippen LogP contribution in [0.25, 0.3) is 0 Å². The first-order valence-electron chi connectivity index (χ1n) is 8.02. The normalized spacial score (nSPS) is 26.9. The zero-order chi connectivity index (χ0) is 14.7. The number of hydrogen-bond acceptors (Lipinski definition) is 6. The summed E-state index contributed by atoms with van der Waals surface area (Å²) in [6, 6.07) is 0.304. The highest BCUT2D eigenvalue weighted by Gasteiger charge is 2.33. The Morgan fingerprint density at radius 2 is 2.19 bits per heavy atom. The standard InChI is InChI=1S/C15H26N4OS/c1-16-15(6-4-3-5-7-15)10-13-17-14(18-20-13)12-11-21-9-8-19(12)2/h12,16H,3-11H2,1-2H3. The van der Waals surface area contributed by atoms with E-state index in [0.29, 0.717) is 6.04 Å². The molecule has 1 unspecified atom stereocenters. The van der Waals surface area contributed by atoms with Gasteiger partial charge in [0, 0.05) is 30.0 Å². The minimum Gasteiger partial charge on any atom is -0.339 e. The second kappa shape index (κ2) is 6.67. The summed E-state index contributed by atoms with van der Waals surface area (Å²) < 4.78 is 5.56. The highest BCUT2D eigenvalue weighted by Crippen LogP contribution is 2.31. The molecule has 1 aromatic heterocycles. The Morgan fingerprint density at radius 3 is 2.90 bits per heavy atom. The van der Waals surface area contributed by atoms with Gasteiger partial charge in [-0.1, -0.05) is 24.4 Å². The summed E-state index contributed by atoms with van der Waals surface area (Å²) in [4.78, 5) is 7.03. The third-order valence-electron chi connectivity index (χ3n) is 5.01. The summed E-state index contributed by atoms with van der Waals surface area (Å²) >= 11 is 1.97. The predicted molar refractivity (Wildman–Crippen MR) is 85.6 cm³/mol. The van der Waals surface area contributed by atoms with Crippen LogP contribution in [0.4, 0.5) is 0 Å². The topological polar surface area (TPSA) is 54.2 Å². The van der Waals surface area contributed by atoms with Crippen LogP contribution in [0, 0.1) is 0 Å². The quantitative estimate of drug-likeness (QED) is 0.920. The van der Waals surface area contributed by atoms with Crippen molar-refractivity contribution in [1.82, 2.24) is 20.4 Å². The highest BCUT2D eigenvalue weighted by atomic mass is 32.2. The van der Waals surface area contributed by atoms with Crippen molar-refractivity contribution in [3.8, 4) is 0 Å². The van der Waals surface area contributed by atoms with E-state index in [1.165, 1.54) is 37.9 Å². The molecule has 21 heavy (non-hydrogen) atoms. The van der Waals surface area contributed by atoms with Crippen molar-refractivity contribution in [3.63, 3.8) is 0 Å². The van der Waals surface area contributed by atoms with Gasteiger partial charge in [-0.15, -0.1) is 0 Å². The molecule has 6 heteroatoms. The monoisotopic (exact) mass is 310 g/mol. The summed E-state index contributed by atoms with van der Waals surface area (Å²) in [5.74, 6) is 3.92. The molecular formula is C15H26N4OS. The Bertz CT molecular complexity index is 458. The van der Waals surface area contributed by atoms with Gasteiger partial charge in [-0.25, -0.2) is 0 Å². The van der Waals surface area contributed by atoms with Crippen molar-refractivity contribution >= 4 is 11.8 Å². The van der Waals surface area contributed by atoms with Crippen molar-refractivity contribution in [2.24, 2.45) is 0 Å². The van der Waals surface area contributed by atoms with E-state index in [1.54, 1.807) is 0 Å². The minimum atomic E-state index is 0.162. The van der Waals surface area contributed by atoms with Crippen LogP contribution in [0.5, 0.6) is 0 Å². The van der Waals surface area contributed by atoms with Crippen molar-refractivity contribution in [2.45, 2.75) is 50.1 Å². The van der Waals surface area contributed by atoms with Gasteiger partial charge >= 0.3 is 0 Å². The molecule has 0 amide bonds. The Labute approximate surface area is 131 Å². The zero-order valence-corrected chi connectivity index (χ0v) is 13.9. The Kier molecular flexibility index (Phi) is 4.86. The number of thioether (sulfide) groups is 1. The van der Waals surface area contributed by atoms with E-state index < -0.39 is 0 Å². The number of nitrogens with zero attached hydrogens (tertiary/aromatic N) is 3. The lowest BCUT2D eigenvalue weighted by molar-refractivity contribution is 0.220. The fraction of sp³-hybridized carbons (Fsp3) is 0.867. The predicted octanol–water partition coefficient (Wildman–Crippen LogP) is 2.25. The molecule has 1 aromatic rings. The molecule has 0 bridgehead atoms. The molecule has 5 nitrogen and oxygen atoms in total. The summed E-state index contributed by atoms with van der Waals surface area (Å²) in [7, 11) is 4.21. The van der Waals surface area contributed by atoms with Crippen LogP contribution < -0.4 is 5.32 Å². The molecule has 1 aliphatic carbocycles. The van der Waals surface area contributed by atoms with Crippen molar-refractivity contribution in [3.05, 3.63) is 11.7 Å². The number of aromatic nitrogens is 2. The van der Waals surface area contributed by atoms with Crippen molar-refractivity contribution < 1.29 is 4.52 Å². The summed E-state index contributed by atoms with van der Waals surface area (Å²) in [6.45, 7) is 1.10. The fourth-order valence-electron chi connectivity index (χ4n) is 3.47. The van der Waals surface area contributed by atoms with Gasteiger partial charge in [-0.05, 0) is 26.9 Å². The third-order valence-corrected chi connectivity index (χ3v) is 6.03. The maximum absolute atomic E-state index is 5.56. The van der Waals surface area contributed by atoms with Crippen LogP contribution >= 0.6 is 11.8 Å². The smallest absolute Gasteiger partial charge is 0.228 e. The first-order valence-corrected chi connectivity index (χ1v) is 9.17. The van der Waals surface area contributed by atoms with Crippen molar-refractivity contribution in [1.29, 1.82) is 0 Å². The molecular weight excluding hydrogens is 284 g/mol. The van der Waals surface area contributed by atoms with Gasteiger partial charge < -0.3 is 9.84 Å². The molecule has 2 aliphatic rings. The van der Waals surface area contributed by atoms with Gasteiger partial charge in [0.05, 0.1) is 6.04 Å². The molecule has 1 saturated carbocycles. The molecule has 0 radical (unpaired) electrons. The maximum Gasteiger partial charge on any atom is 0.228 e. The van der Waals surface area contributed by atoms with Crippen LogP contribution in [0.15, 0.2) is 4.52 Å². The van der Waals surface area contributed by atoms with Crippen LogP contribution in [0.2, 0.25) is 0 Å². The van der Waals surface area contributed by atoms with Gasteiger partial charge in [0.25, 0.3) is 0 Å². The molecule has 3 rings (SSSR count). The number of nitrogens with one attached hydrogen (secondary N) is 1. The summed E-state index contributed by atoms with van der Waals surface area (Å²) in [6.07, 6.45) is 7.22. The third kappa shape index (κ3) is 3.43. The molecule has 2 heterocycles. The molecule has 0 aromatic carbocycles. The van der Waals surface area contributed by atoms with Gasteiger partial charge in [0.15, 0.2) is 5.82 Å². The van der Waals surface area contributed by atoms with E-state index in [9.17, 15) is 0 Å². The van der Waals surface area contributed by atoms with Gasteiger partial charge in [-0.3, -0.25) is 4.90 Å². The lowest BCUT2D eigenvalue weighted by Crippen LogP contribution is -2.46. The Balaban J connectivity index is 1.69. The molecule has 1 saturated heterocycles. The fourth-order valence-corrected chi connectivity index (χ4v) is 4.68. The van der Waals surface area contributed by atoms with Crippen LogP contribution in [0.1, 0.15) is 49.9 Å². The molecule has 2 fully saturated rings. The molecule has 1 atom stereocenters.